The average Bonchev–Trinajstić information content (AvgIpc) is 3.02. The van der Waals surface area contributed by atoms with Crippen molar-refractivity contribution in [2.75, 3.05) is 0 Å². The molecule has 0 aliphatic carbocycles. The predicted octanol–water partition coefficient (Wildman–Crippen LogP) is 1.79. The Hall–Kier alpha value is -2.22. The van der Waals surface area contributed by atoms with E-state index in [4.69, 9.17) is 10.3 Å². The zero-order chi connectivity index (χ0) is 15.9. The quantitative estimate of drug-likeness (QED) is 0.526. The van der Waals surface area contributed by atoms with Crippen molar-refractivity contribution in [3.63, 3.8) is 0 Å². The number of aromatic nitrogens is 4. The molecule has 3 rings (SSSR count). The van der Waals surface area contributed by atoms with Gasteiger partial charge in [-0.25, -0.2) is 15.0 Å². The van der Waals surface area contributed by atoms with E-state index < -0.39 is 18.4 Å². The third-order valence-corrected chi connectivity index (χ3v) is 3.91. The summed E-state index contributed by atoms with van der Waals surface area (Å²) >= 11 is 0. The summed E-state index contributed by atoms with van der Waals surface area (Å²) in [6.45, 7) is 5.57. The molecule has 0 aromatic carbocycles. The molecular weight excluding hydrogens is 286 g/mol. The third-order valence-electron chi connectivity index (χ3n) is 3.91. The lowest BCUT2D eigenvalue weighted by molar-refractivity contribution is -0.0192. The zero-order valence-corrected chi connectivity index (χ0v) is 12.6. The summed E-state index contributed by atoms with van der Waals surface area (Å²) in [6, 6.07) is -0.720. The predicted molar refractivity (Wildman–Crippen MR) is 77.9 cm³/mol. The van der Waals surface area contributed by atoms with Crippen molar-refractivity contribution in [2.24, 2.45) is 5.11 Å². The summed E-state index contributed by atoms with van der Waals surface area (Å²) in [7, 11) is 0. The van der Waals surface area contributed by atoms with Crippen LogP contribution in [0.5, 0.6) is 0 Å². The molecule has 1 N–H and O–H groups in total. The molecule has 9 nitrogen and oxygen atoms in total. The highest BCUT2D eigenvalue weighted by Gasteiger charge is 2.44. The molecule has 4 atom stereocenters. The number of aliphatic hydroxyl groups excluding tert-OH is 1. The highest BCUT2D eigenvalue weighted by Crippen LogP contribution is 2.35. The van der Waals surface area contributed by atoms with Crippen molar-refractivity contribution in [3.8, 4) is 0 Å². The van der Waals surface area contributed by atoms with Crippen LogP contribution in [-0.2, 0) is 4.74 Å². The summed E-state index contributed by atoms with van der Waals surface area (Å²) in [4.78, 5) is 15.8. The maximum absolute atomic E-state index is 10.3. The number of aryl methyl sites for hydroxylation is 2. The van der Waals surface area contributed by atoms with Gasteiger partial charge in [0.05, 0.1) is 24.2 Å². The average molecular weight is 303 g/mol. The Bertz CT molecular complexity index is 752. The van der Waals surface area contributed by atoms with E-state index >= 15 is 0 Å². The Morgan fingerprint density at radius 2 is 2.23 bits per heavy atom. The Balaban J connectivity index is 2.11. The number of fused-ring (bicyclic) bond motifs is 1. The number of imidazole rings is 1. The van der Waals surface area contributed by atoms with Crippen LogP contribution in [0.25, 0.3) is 21.6 Å². The van der Waals surface area contributed by atoms with E-state index in [2.05, 4.69) is 25.0 Å². The van der Waals surface area contributed by atoms with E-state index in [1.807, 2.05) is 13.8 Å². The second-order valence-corrected chi connectivity index (χ2v) is 5.34. The minimum atomic E-state index is -0.854. The Morgan fingerprint density at radius 1 is 1.45 bits per heavy atom. The van der Waals surface area contributed by atoms with Gasteiger partial charge >= 0.3 is 0 Å². The number of hydrogen-bond donors (Lipinski definition) is 1. The Kier molecular flexibility index (Phi) is 3.69. The molecule has 0 radical (unpaired) electrons. The summed E-state index contributed by atoms with van der Waals surface area (Å²) < 4.78 is 7.57. The first kappa shape index (κ1) is 14.7. The van der Waals surface area contributed by atoms with Gasteiger partial charge in [-0.3, -0.25) is 4.57 Å². The third kappa shape index (κ3) is 2.19. The van der Waals surface area contributed by atoms with E-state index in [0.717, 1.165) is 5.69 Å². The van der Waals surface area contributed by atoms with E-state index in [-0.39, 0.29) is 6.10 Å². The monoisotopic (exact) mass is 303 g/mol. The van der Waals surface area contributed by atoms with E-state index in [1.165, 1.54) is 0 Å². The first-order valence-corrected chi connectivity index (χ1v) is 7.12. The van der Waals surface area contributed by atoms with Gasteiger partial charge in [-0.15, -0.1) is 0 Å². The first-order valence-electron chi connectivity index (χ1n) is 7.12. The summed E-state index contributed by atoms with van der Waals surface area (Å²) in [6.07, 6.45) is 0.333. The van der Waals surface area contributed by atoms with Crippen LogP contribution < -0.4 is 0 Å². The van der Waals surface area contributed by atoms with Crippen LogP contribution in [0.1, 0.15) is 31.1 Å². The van der Waals surface area contributed by atoms with Crippen molar-refractivity contribution in [1.29, 1.82) is 0 Å². The van der Waals surface area contributed by atoms with Gasteiger partial charge in [0.2, 0.25) is 0 Å². The molecule has 1 saturated heterocycles. The minimum absolute atomic E-state index is 0.387. The maximum atomic E-state index is 10.3. The zero-order valence-electron chi connectivity index (χ0n) is 12.6. The molecule has 22 heavy (non-hydrogen) atoms. The van der Waals surface area contributed by atoms with Crippen LogP contribution in [-0.4, -0.2) is 42.9 Å². The van der Waals surface area contributed by atoms with E-state index in [1.54, 1.807) is 17.8 Å². The molecule has 2 aromatic heterocycles. The molecule has 2 aromatic rings. The van der Waals surface area contributed by atoms with Gasteiger partial charge in [0.1, 0.15) is 23.6 Å². The molecule has 1 unspecified atom stereocenters. The van der Waals surface area contributed by atoms with Gasteiger partial charge in [-0.2, -0.15) is 0 Å². The van der Waals surface area contributed by atoms with Crippen molar-refractivity contribution in [2.45, 2.75) is 51.7 Å². The molecule has 0 bridgehead atoms. The SMILES string of the molecule is CC[C@H]1O[C@@H](n2cnc3c(C)nc(C)nc32)[C@@H](N=[N+]=[N-])C1O. The van der Waals surface area contributed by atoms with Gasteiger partial charge in [-0.1, -0.05) is 12.0 Å². The van der Waals surface area contributed by atoms with Gasteiger partial charge < -0.3 is 9.84 Å². The number of rotatable bonds is 3. The molecule has 0 saturated carbocycles. The Labute approximate surface area is 126 Å². The first-order chi connectivity index (χ1) is 10.6. The van der Waals surface area contributed by atoms with Gasteiger partial charge in [0, 0.05) is 4.91 Å². The molecule has 1 aliphatic heterocycles. The topological polar surface area (TPSA) is 122 Å². The second kappa shape index (κ2) is 5.53. The van der Waals surface area contributed by atoms with Crippen LogP contribution in [0.15, 0.2) is 11.4 Å². The minimum Gasteiger partial charge on any atom is -0.390 e. The van der Waals surface area contributed by atoms with Crippen LogP contribution in [0, 0.1) is 13.8 Å². The molecule has 9 heteroatoms. The van der Waals surface area contributed by atoms with Crippen LogP contribution in [0.2, 0.25) is 0 Å². The molecule has 0 spiro atoms. The van der Waals surface area contributed by atoms with Gasteiger partial charge in [0.15, 0.2) is 5.65 Å². The fraction of sp³-hybridized carbons (Fsp3) is 0.615. The number of aliphatic hydroxyl groups is 1. The van der Waals surface area contributed by atoms with Gasteiger partial charge in [-0.05, 0) is 25.8 Å². The van der Waals surface area contributed by atoms with E-state index in [0.29, 0.717) is 23.4 Å². The molecule has 1 fully saturated rings. The lowest BCUT2D eigenvalue weighted by Crippen LogP contribution is -2.29. The largest absolute Gasteiger partial charge is 0.390 e. The molecule has 116 valence electrons. The molecule has 1 aliphatic rings. The maximum Gasteiger partial charge on any atom is 0.165 e. The van der Waals surface area contributed by atoms with Crippen LogP contribution in [0.4, 0.5) is 0 Å². The smallest absolute Gasteiger partial charge is 0.165 e. The lowest BCUT2D eigenvalue weighted by Gasteiger charge is -2.17. The van der Waals surface area contributed by atoms with Crippen molar-refractivity contribution in [3.05, 3.63) is 28.3 Å². The van der Waals surface area contributed by atoms with Gasteiger partial charge in [0.25, 0.3) is 0 Å². The van der Waals surface area contributed by atoms with Crippen LogP contribution >= 0.6 is 0 Å². The van der Waals surface area contributed by atoms with Crippen LogP contribution in [0.3, 0.4) is 0 Å². The molecular formula is C13H17N7O2. The highest BCUT2D eigenvalue weighted by atomic mass is 16.5. The fourth-order valence-electron chi connectivity index (χ4n) is 2.86. The van der Waals surface area contributed by atoms with Crippen molar-refractivity contribution >= 4 is 11.2 Å². The Morgan fingerprint density at radius 3 is 2.91 bits per heavy atom. The summed E-state index contributed by atoms with van der Waals surface area (Å²) in [5, 5.41) is 14.0. The molecule has 0 amide bonds. The number of azide groups is 1. The number of hydrogen-bond acceptors (Lipinski definition) is 6. The van der Waals surface area contributed by atoms with Crippen molar-refractivity contribution < 1.29 is 9.84 Å². The number of nitrogens with zero attached hydrogens (tertiary/aromatic N) is 7. The summed E-state index contributed by atoms with van der Waals surface area (Å²) in [5.41, 5.74) is 10.8. The second-order valence-electron chi connectivity index (χ2n) is 5.34. The lowest BCUT2D eigenvalue weighted by atomic mass is 10.1. The standard InChI is InChI=1S/C13H17N7O2/c1-4-8-11(21)10(18-19-14)13(22-8)20-5-15-9-6(2)16-7(3)17-12(9)20/h5,8,10-11,13,21H,4H2,1-3H3/t8-,10+,11?,13-/m1/s1. The van der Waals surface area contributed by atoms with E-state index in [9.17, 15) is 5.11 Å². The number of ether oxygens (including phenoxy) is 1. The summed E-state index contributed by atoms with van der Waals surface area (Å²) in [5.74, 6) is 0.623. The highest BCUT2D eigenvalue weighted by molar-refractivity contribution is 5.73. The fourth-order valence-corrected chi connectivity index (χ4v) is 2.86. The van der Waals surface area contributed by atoms with Crippen molar-refractivity contribution in [1.82, 2.24) is 19.5 Å². The molecule has 3 heterocycles. The normalized spacial score (nSPS) is 28.0.